The molecule has 0 saturated heterocycles. The smallest absolute Gasteiger partial charge is 0.0943 e. The van der Waals surface area contributed by atoms with Crippen molar-refractivity contribution in [1.29, 1.82) is 0 Å². The van der Waals surface area contributed by atoms with Crippen LogP contribution in [0.4, 0.5) is 0 Å². The van der Waals surface area contributed by atoms with E-state index in [4.69, 9.17) is 0 Å². The van der Waals surface area contributed by atoms with E-state index in [1.165, 1.54) is 11.1 Å². The predicted molar refractivity (Wildman–Crippen MR) is 74.9 cm³/mol. The molecule has 1 nitrogen and oxygen atoms in total. The van der Waals surface area contributed by atoms with E-state index in [0.29, 0.717) is 0 Å². The van der Waals surface area contributed by atoms with Gasteiger partial charge in [0.25, 0.3) is 0 Å². The van der Waals surface area contributed by atoms with Gasteiger partial charge in [0.05, 0.1) is 5.60 Å². The topological polar surface area (TPSA) is 20.2 Å². The van der Waals surface area contributed by atoms with Gasteiger partial charge in [0, 0.05) is 5.92 Å². The zero-order valence-corrected chi connectivity index (χ0v) is 12.7. The lowest BCUT2D eigenvalue weighted by Crippen LogP contribution is -2.50. The van der Waals surface area contributed by atoms with E-state index in [0.717, 1.165) is 0 Å². The lowest BCUT2D eigenvalue weighted by atomic mass is 9.60. The highest BCUT2D eigenvalue weighted by Gasteiger charge is 2.47. The van der Waals surface area contributed by atoms with Gasteiger partial charge in [-0.3, -0.25) is 0 Å². The molecule has 1 rings (SSSR count). The van der Waals surface area contributed by atoms with Crippen LogP contribution in [0.5, 0.6) is 0 Å². The van der Waals surface area contributed by atoms with Gasteiger partial charge in [-0.15, -0.1) is 0 Å². The van der Waals surface area contributed by atoms with Gasteiger partial charge < -0.3 is 5.11 Å². The van der Waals surface area contributed by atoms with Gasteiger partial charge in [-0.05, 0) is 23.8 Å². The van der Waals surface area contributed by atoms with Crippen LogP contribution >= 0.6 is 0 Å². The van der Waals surface area contributed by atoms with E-state index in [-0.39, 0.29) is 16.7 Å². The molecule has 1 aliphatic carbocycles. The first-order valence-electron chi connectivity index (χ1n) is 6.53. The van der Waals surface area contributed by atoms with E-state index in [9.17, 15) is 5.11 Å². The highest BCUT2D eigenvalue weighted by Crippen LogP contribution is 2.48. The first kappa shape index (κ1) is 14.5. The first-order chi connectivity index (χ1) is 7.39. The lowest BCUT2D eigenvalue weighted by molar-refractivity contribution is -0.0524. The van der Waals surface area contributed by atoms with E-state index in [1.807, 2.05) is 6.08 Å². The molecule has 0 spiro atoms. The second kappa shape index (κ2) is 3.98. The molecule has 1 aliphatic rings. The Morgan fingerprint density at radius 2 is 1.59 bits per heavy atom. The fourth-order valence-corrected chi connectivity index (χ4v) is 2.85. The molecule has 2 atom stereocenters. The van der Waals surface area contributed by atoms with Gasteiger partial charge >= 0.3 is 0 Å². The van der Waals surface area contributed by atoms with Gasteiger partial charge in [-0.1, -0.05) is 65.7 Å². The molecule has 0 aliphatic heterocycles. The minimum Gasteiger partial charge on any atom is -0.385 e. The molecule has 0 aromatic rings. The molecule has 0 radical (unpaired) electrons. The summed E-state index contributed by atoms with van der Waals surface area (Å²) in [5.41, 5.74) is 1.71. The lowest BCUT2D eigenvalue weighted by Gasteiger charge is -2.48. The molecule has 0 aromatic carbocycles. The van der Waals surface area contributed by atoms with E-state index < -0.39 is 5.60 Å². The summed E-state index contributed by atoms with van der Waals surface area (Å²) in [5, 5.41) is 11.1. The third-order valence-corrected chi connectivity index (χ3v) is 4.03. The maximum absolute atomic E-state index is 11.1. The number of allylic oxidation sites excluding steroid dienone is 2. The summed E-state index contributed by atoms with van der Waals surface area (Å²) in [7, 11) is 0. The molecule has 98 valence electrons. The van der Waals surface area contributed by atoms with Crippen LogP contribution in [0.25, 0.3) is 0 Å². The SMILES string of the molecule is CC1=CC(O)(C(C)(C)C)C(C)C(C(C)(C)C)=C1. The number of aliphatic hydroxyl groups is 1. The van der Waals surface area contributed by atoms with Crippen LogP contribution in [0, 0.1) is 16.7 Å². The van der Waals surface area contributed by atoms with Crippen molar-refractivity contribution in [1.82, 2.24) is 0 Å². The Kier molecular flexibility index (Phi) is 3.40. The molecule has 17 heavy (non-hydrogen) atoms. The summed E-state index contributed by atoms with van der Waals surface area (Å²) in [6, 6.07) is 0. The van der Waals surface area contributed by atoms with E-state index >= 15 is 0 Å². The molecule has 0 aromatic heterocycles. The summed E-state index contributed by atoms with van der Waals surface area (Å²) in [6.45, 7) is 17.2. The molecule has 1 N–H and O–H groups in total. The first-order valence-corrected chi connectivity index (χ1v) is 6.53. The molecule has 0 fully saturated rings. The Morgan fingerprint density at radius 1 is 1.12 bits per heavy atom. The predicted octanol–water partition coefficient (Wildman–Crippen LogP) is 4.33. The molecule has 1 heteroatoms. The second-order valence-electron chi connectivity index (χ2n) is 7.54. The number of rotatable bonds is 0. The van der Waals surface area contributed by atoms with Crippen molar-refractivity contribution in [2.45, 2.75) is 61.0 Å². The van der Waals surface area contributed by atoms with Crippen LogP contribution in [0.2, 0.25) is 0 Å². The minimum absolute atomic E-state index is 0.105. The maximum atomic E-state index is 11.1. The molecule has 0 amide bonds. The van der Waals surface area contributed by atoms with Crippen LogP contribution in [0.15, 0.2) is 23.3 Å². The summed E-state index contributed by atoms with van der Waals surface area (Å²) < 4.78 is 0. The Balaban J connectivity index is 3.32. The van der Waals surface area contributed by atoms with Crippen molar-refractivity contribution in [2.24, 2.45) is 16.7 Å². The highest BCUT2D eigenvalue weighted by molar-refractivity contribution is 5.38. The summed E-state index contributed by atoms with van der Waals surface area (Å²) >= 11 is 0. The number of hydrogen-bond donors (Lipinski definition) is 1. The Bertz CT molecular complexity index is 360. The fraction of sp³-hybridized carbons (Fsp3) is 0.750. The molecular formula is C16H28O. The van der Waals surface area contributed by atoms with Gasteiger partial charge in [0.2, 0.25) is 0 Å². The summed E-state index contributed by atoms with van der Waals surface area (Å²) in [5.74, 6) is 0.159. The highest BCUT2D eigenvalue weighted by atomic mass is 16.3. The third-order valence-electron chi connectivity index (χ3n) is 4.03. The van der Waals surface area contributed by atoms with Crippen LogP contribution in [0.3, 0.4) is 0 Å². The average molecular weight is 236 g/mol. The molecule has 2 unspecified atom stereocenters. The molecule has 0 bridgehead atoms. The van der Waals surface area contributed by atoms with Crippen LogP contribution in [-0.2, 0) is 0 Å². The second-order valence-corrected chi connectivity index (χ2v) is 7.54. The fourth-order valence-electron chi connectivity index (χ4n) is 2.85. The Labute approximate surface area is 107 Å². The molecule has 0 heterocycles. The van der Waals surface area contributed by atoms with Crippen molar-refractivity contribution in [3.05, 3.63) is 23.3 Å². The quantitative estimate of drug-likeness (QED) is 0.663. The maximum Gasteiger partial charge on any atom is 0.0943 e. The van der Waals surface area contributed by atoms with Crippen molar-refractivity contribution in [2.75, 3.05) is 0 Å². The largest absolute Gasteiger partial charge is 0.385 e. The normalized spacial score (nSPS) is 31.0. The zero-order valence-electron chi connectivity index (χ0n) is 12.7. The zero-order chi connectivity index (χ0) is 13.6. The van der Waals surface area contributed by atoms with Crippen LogP contribution in [0.1, 0.15) is 55.4 Å². The standard InChI is InChI=1S/C16H28O/c1-11-9-13(14(3,4)5)12(2)16(17,10-11)15(6,7)8/h9-10,12,17H,1-8H3. The molecular weight excluding hydrogens is 208 g/mol. The van der Waals surface area contributed by atoms with Gasteiger partial charge in [-0.25, -0.2) is 0 Å². The summed E-state index contributed by atoms with van der Waals surface area (Å²) in [4.78, 5) is 0. The average Bonchev–Trinajstić information content (AvgIpc) is 2.07. The van der Waals surface area contributed by atoms with E-state index in [2.05, 4.69) is 61.5 Å². The van der Waals surface area contributed by atoms with Crippen LogP contribution < -0.4 is 0 Å². The Morgan fingerprint density at radius 3 is 1.94 bits per heavy atom. The van der Waals surface area contributed by atoms with Gasteiger partial charge in [-0.2, -0.15) is 0 Å². The molecule has 0 saturated carbocycles. The van der Waals surface area contributed by atoms with Gasteiger partial charge in [0.1, 0.15) is 0 Å². The van der Waals surface area contributed by atoms with Crippen molar-refractivity contribution < 1.29 is 5.11 Å². The van der Waals surface area contributed by atoms with E-state index in [1.54, 1.807) is 0 Å². The van der Waals surface area contributed by atoms with Crippen LogP contribution in [-0.4, -0.2) is 10.7 Å². The van der Waals surface area contributed by atoms with Crippen molar-refractivity contribution >= 4 is 0 Å². The number of hydrogen-bond acceptors (Lipinski definition) is 1. The third kappa shape index (κ3) is 2.49. The van der Waals surface area contributed by atoms with Crippen molar-refractivity contribution in [3.8, 4) is 0 Å². The monoisotopic (exact) mass is 236 g/mol. The summed E-state index contributed by atoms with van der Waals surface area (Å²) in [6.07, 6.45) is 4.28. The van der Waals surface area contributed by atoms with Crippen molar-refractivity contribution in [3.63, 3.8) is 0 Å². The Hall–Kier alpha value is -0.560. The minimum atomic E-state index is -0.756. The van der Waals surface area contributed by atoms with Gasteiger partial charge in [0.15, 0.2) is 0 Å².